The molecule has 1 aliphatic rings. The number of Topliss-reactive ketones (excluding diaryl/α,β-unsaturated/α-hetero) is 1. The van der Waals surface area contributed by atoms with E-state index >= 15 is 0 Å². The van der Waals surface area contributed by atoms with Crippen LogP contribution in [0.4, 0.5) is 4.39 Å². The Morgan fingerprint density at radius 3 is 2.38 bits per heavy atom. The number of carbonyl (C=O) groups is 1. The summed E-state index contributed by atoms with van der Waals surface area (Å²) in [4.78, 5) is 12.6. The molecule has 0 aliphatic heterocycles. The highest BCUT2D eigenvalue weighted by molar-refractivity contribution is 6.00. The smallest absolute Gasteiger partial charge is 0.204 e. The van der Waals surface area contributed by atoms with E-state index in [-0.39, 0.29) is 11.6 Å². The fourth-order valence-corrected chi connectivity index (χ4v) is 4.69. The van der Waals surface area contributed by atoms with Gasteiger partial charge in [-0.2, -0.15) is 0 Å². The van der Waals surface area contributed by atoms with E-state index in [0.717, 1.165) is 24.0 Å². The van der Waals surface area contributed by atoms with Crippen LogP contribution in [0.15, 0.2) is 24.3 Å². The average Bonchev–Trinajstić information content (AvgIpc) is 3.33. The molecule has 34 heavy (non-hydrogen) atoms. The molecule has 0 spiro atoms. The molecule has 1 fully saturated rings. The number of aryl methyl sites for hydroxylation is 1. The highest BCUT2D eigenvalue weighted by Crippen LogP contribution is 2.45. The number of benzene rings is 2. The van der Waals surface area contributed by atoms with Crippen LogP contribution in [0.3, 0.4) is 0 Å². The number of halogens is 1. The molecule has 1 N–H and O–H groups in total. The second kappa shape index (κ2) is 12.7. The standard InChI is InChI=1S/C28H38FNO4/c1-19-20(2)26(32-4)28(33-17-10-9-12-22-11-5-8-15-24(22)29)27(25(19)21(3)31)34-18-16-30-23-13-6-7-14-23/h5,8,11,15,23,30H,6-7,9-10,12-14,16-18H2,1-4H3. The zero-order valence-electron chi connectivity index (χ0n) is 21.0. The third-order valence-electron chi connectivity index (χ3n) is 6.66. The number of methoxy groups -OCH3 is 1. The second-order valence-electron chi connectivity index (χ2n) is 9.05. The van der Waals surface area contributed by atoms with Crippen LogP contribution in [0.2, 0.25) is 0 Å². The molecule has 0 atom stereocenters. The van der Waals surface area contributed by atoms with Gasteiger partial charge in [0.15, 0.2) is 17.3 Å². The topological polar surface area (TPSA) is 56.8 Å². The van der Waals surface area contributed by atoms with Crippen molar-refractivity contribution in [2.45, 2.75) is 71.8 Å². The molecule has 2 aromatic rings. The van der Waals surface area contributed by atoms with E-state index in [1.54, 1.807) is 20.1 Å². The minimum atomic E-state index is -0.174. The summed E-state index contributed by atoms with van der Waals surface area (Å²) in [6, 6.07) is 7.40. The van der Waals surface area contributed by atoms with Crippen LogP contribution < -0.4 is 19.5 Å². The van der Waals surface area contributed by atoms with Gasteiger partial charge in [0.1, 0.15) is 12.4 Å². The summed E-state index contributed by atoms with van der Waals surface area (Å²) in [6.07, 6.45) is 7.13. The Balaban J connectivity index is 1.70. The van der Waals surface area contributed by atoms with E-state index in [0.29, 0.717) is 60.6 Å². The molecule has 6 heteroatoms. The lowest BCUT2D eigenvalue weighted by Gasteiger charge is -2.22. The lowest BCUT2D eigenvalue weighted by molar-refractivity contribution is 0.101. The zero-order chi connectivity index (χ0) is 24.5. The van der Waals surface area contributed by atoms with Crippen molar-refractivity contribution in [3.8, 4) is 17.2 Å². The Bertz CT molecular complexity index is 969. The third-order valence-corrected chi connectivity index (χ3v) is 6.66. The normalized spacial score (nSPS) is 13.8. The summed E-state index contributed by atoms with van der Waals surface area (Å²) < 4.78 is 31.9. The largest absolute Gasteiger partial charge is 0.492 e. The van der Waals surface area contributed by atoms with Gasteiger partial charge in [-0.3, -0.25) is 4.79 Å². The third kappa shape index (κ3) is 6.50. The van der Waals surface area contributed by atoms with Gasteiger partial charge in [0, 0.05) is 12.6 Å². The van der Waals surface area contributed by atoms with Crippen LogP contribution in [0, 0.1) is 19.7 Å². The summed E-state index contributed by atoms with van der Waals surface area (Å²) in [5, 5.41) is 3.54. The van der Waals surface area contributed by atoms with Crippen LogP contribution in [0.5, 0.6) is 17.2 Å². The van der Waals surface area contributed by atoms with E-state index in [1.807, 2.05) is 26.0 Å². The van der Waals surface area contributed by atoms with E-state index in [2.05, 4.69) is 5.32 Å². The Kier molecular flexibility index (Phi) is 9.75. The fraction of sp³-hybridized carbons (Fsp3) is 0.536. The summed E-state index contributed by atoms with van der Waals surface area (Å²) in [7, 11) is 1.60. The van der Waals surface area contributed by atoms with Crippen molar-refractivity contribution in [2.75, 3.05) is 26.9 Å². The van der Waals surface area contributed by atoms with Gasteiger partial charge < -0.3 is 19.5 Å². The lowest BCUT2D eigenvalue weighted by Crippen LogP contribution is -2.30. The minimum absolute atomic E-state index is 0.0635. The minimum Gasteiger partial charge on any atom is -0.492 e. The summed E-state index contributed by atoms with van der Waals surface area (Å²) in [5.41, 5.74) is 2.96. The van der Waals surface area contributed by atoms with Crippen LogP contribution in [-0.2, 0) is 6.42 Å². The monoisotopic (exact) mass is 471 g/mol. The maximum atomic E-state index is 13.9. The molecular formula is C28H38FNO4. The van der Waals surface area contributed by atoms with Crippen LogP contribution in [-0.4, -0.2) is 38.7 Å². The van der Waals surface area contributed by atoms with Crippen molar-refractivity contribution in [1.29, 1.82) is 0 Å². The number of ketones is 1. The Labute approximate surface area is 203 Å². The van der Waals surface area contributed by atoms with Gasteiger partial charge in [-0.1, -0.05) is 31.0 Å². The first-order valence-corrected chi connectivity index (χ1v) is 12.4. The number of unbranched alkanes of at least 4 members (excludes halogenated alkanes) is 1. The van der Waals surface area contributed by atoms with Gasteiger partial charge in [0.05, 0.1) is 19.3 Å². The quantitative estimate of drug-likeness (QED) is 0.288. The second-order valence-corrected chi connectivity index (χ2v) is 9.05. The maximum Gasteiger partial charge on any atom is 0.204 e. The fourth-order valence-electron chi connectivity index (χ4n) is 4.69. The molecule has 0 heterocycles. The van der Waals surface area contributed by atoms with Gasteiger partial charge in [-0.25, -0.2) is 4.39 Å². The highest BCUT2D eigenvalue weighted by atomic mass is 19.1. The molecule has 0 bridgehead atoms. The van der Waals surface area contributed by atoms with E-state index in [4.69, 9.17) is 14.2 Å². The van der Waals surface area contributed by atoms with E-state index in [1.165, 1.54) is 31.7 Å². The van der Waals surface area contributed by atoms with Crippen molar-refractivity contribution in [3.63, 3.8) is 0 Å². The lowest BCUT2D eigenvalue weighted by atomic mass is 9.97. The molecule has 0 saturated heterocycles. The van der Waals surface area contributed by atoms with Crippen molar-refractivity contribution >= 4 is 5.78 Å². The summed E-state index contributed by atoms with van der Waals surface area (Å²) >= 11 is 0. The van der Waals surface area contributed by atoms with E-state index in [9.17, 15) is 9.18 Å². The molecule has 1 saturated carbocycles. The van der Waals surface area contributed by atoms with Crippen LogP contribution in [0.25, 0.3) is 0 Å². The molecule has 3 rings (SSSR count). The first-order chi connectivity index (χ1) is 16.4. The van der Waals surface area contributed by atoms with Crippen molar-refractivity contribution in [1.82, 2.24) is 5.32 Å². The molecule has 1 aliphatic carbocycles. The molecule has 0 unspecified atom stereocenters. The van der Waals surface area contributed by atoms with Gasteiger partial charge in [0.25, 0.3) is 0 Å². The number of nitrogens with one attached hydrogen (secondary N) is 1. The Morgan fingerprint density at radius 2 is 1.71 bits per heavy atom. The maximum absolute atomic E-state index is 13.9. The SMILES string of the molecule is COc1c(C)c(C)c(C(C)=O)c(OCCNC2CCCC2)c1OCCCCc1ccccc1F. The molecule has 5 nitrogen and oxygen atoms in total. The van der Waals surface area contributed by atoms with E-state index < -0.39 is 0 Å². The summed E-state index contributed by atoms with van der Waals surface area (Å²) in [6.45, 7) is 6.95. The van der Waals surface area contributed by atoms with Crippen molar-refractivity contribution in [2.24, 2.45) is 0 Å². The van der Waals surface area contributed by atoms with Crippen LogP contribution in [0.1, 0.15) is 72.5 Å². The first kappa shape index (κ1) is 26.0. The van der Waals surface area contributed by atoms with Gasteiger partial charge in [-0.15, -0.1) is 0 Å². The predicted molar refractivity (Wildman–Crippen MR) is 133 cm³/mol. The molecule has 186 valence electrons. The predicted octanol–water partition coefficient (Wildman–Crippen LogP) is 5.97. The van der Waals surface area contributed by atoms with Crippen molar-refractivity contribution < 1.29 is 23.4 Å². The molecule has 0 radical (unpaired) electrons. The number of carbonyl (C=O) groups excluding carboxylic acids is 1. The summed E-state index contributed by atoms with van der Waals surface area (Å²) in [5.74, 6) is 1.28. The van der Waals surface area contributed by atoms with Gasteiger partial charge in [-0.05, 0) is 75.6 Å². The number of rotatable bonds is 13. The number of hydrogen-bond acceptors (Lipinski definition) is 5. The average molecular weight is 472 g/mol. The molecular weight excluding hydrogens is 433 g/mol. The zero-order valence-corrected chi connectivity index (χ0v) is 21.0. The number of hydrogen-bond donors (Lipinski definition) is 1. The number of ether oxygens (including phenoxy) is 3. The molecule has 0 aromatic heterocycles. The Hall–Kier alpha value is -2.60. The van der Waals surface area contributed by atoms with Gasteiger partial charge in [0.2, 0.25) is 5.75 Å². The molecule has 2 aromatic carbocycles. The highest BCUT2D eigenvalue weighted by Gasteiger charge is 2.26. The Morgan fingerprint density at radius 1 is 1.00 bits per heavy atom. The van der Waals surface area contributed by atoms with Crippen LogP contribution >= 0.6 is 0 Å². The first-order valence-electron chi connectivity index (χ1n) is 12.4. The van der Waals surface area contributed by atoms with Crippen molar-refractivity contribution in [3.05, 3.63) is 52.3 Å². The molecule has 0 amide bonds. The van der Waals surface area contributed by atoms with Gasteiger partial charge >= 0.3 is 0 Å².